The van der Waals surface area contributed by atoms with Gasteiger partial charge in [0.2, 0.25) is 0 Å². The van der Waals surface area contributed by atoms with Crippen molar-refractivity contribution in [3.05, 3.63) is 47.0 Å². The Hall–Kier alpha value is -2.60. The highest BCUT2D eigenvalue weighted by Crippen LogP contribution is 2.35. The molecule has 0 saturated carbocycles. The van der Waals surface area contributed by atoms with Crippen LogP contribution in [0.5, 0.6) is 17.2 Å². The van der Waals surface area contributed by atoms with E-state index in [0.29, 0.717) is 35.4 Å². The van der Waals surface area contributed by atoms with Gasteiger partial charge in [0.15, 0.2) is 0 Å². The summed E-state index contributed by atoms with van der Waals surface area (Å²) in [6.07, 6.45) is 0.949. The van der Waals surface area contributed by atoms with E-state index in [1.54, 1.807) is 12.1 Å². The number of nitrogens with one attached hydrogen (secondary N) is 2. The average molecular weight is 379 g/mol. The number of aryl methyl sites for hydroxylation is 1. The predicted molar refractivity (Wildman–Crippen MR) is 103 cm³/mol. The molecule has 0 heterocycles. The number of carbonyl (C=O) groups is 1. The summed E-state index contributed by atoms with van der Waals surface area (Å²) >= 11 is 6.05. The van der Waals surface area contributed by atoms with E-state index in [-0.39, 0.29) is 6.03 Å². The third-order valence-electron chi connectivity index (χ3n) is 3.69. The highest BCUT2D eigenvalue weighted by atomic mass is 35.5. The van der Waals surface area contributed by atoms with Crippen LogP contribution < -0.4 is 24.8 Å². The van der Waals surface area contributed by atoms with Crippen molar-refractivity contribution in [3.63, 3.8) is 0 Å². The lowest BCUT2D eigenvalue weighted by Crippen LogP contribution is -2.32. The fraction of sp³-hybridized carbons (Fsp3) is 0.316. The average Bonchev–Trinajstić information content (AvgIpc) is 2.66. The van der Waals surface area contributed by atoms with Crippen LogP contribution in [0, 0.1) is 0 Å². The molecule has 0 saturated heterocycles. The standard InChI is InChI=1S/C19H23ClN2O4/c1-4-13-6-5-7-14(10-13)26-9-8-21-19(23)22-16-12-17(24-2)15(20)11-18(16)25-3/h5-7,10-12H,4,8-9H2,1-3H3,(H2,21,22,23). The Kier molecular flexibility index (Phi) is 7.41. The number of methoxy groups -OCH3 is 2. The molecule has 0 atom stereocenters. The summed E-state index contributed by atoms with van der Waals surface area (Å²) in [4.78, 5) is 12.1. The summed E-state index contributed by atoms with van der Waals surface area (Å²) in [5, 5.41) is 5.84. The number of amides is 2. The molecule has 2 amide bonds. The summed E-state index contributed by atoms with van der Waals surface area (Å²) < 4.78 is 16.0. The van der Waals surface area contributed by atoms with Crippen molar-refractivity contribution in [2.24, 2.45) is 0 Å². The summed E-state index contributed by atoms with van der Waals surface area (Å²) in [5.41, 5.74) is 1.67. The van der Waals surface area contributed by atoms with Gasteiger partial charge in [0.05, 0.1) is 31.5 Å². The molecule has 0 aliphatic rings. The molecule has 6 nitrogen and oxygen atoms in total. The first-order chi connectivity index (χ1) is 12.6. The normalized spacial score (nSPS) is 10.2. The molecule has 0 aliphatic carbocycles. The Balaban J connectivity index is 1.85. The molecule has 0 aromatic heterocycles. The van der Waals surface area contributed by atoms with Crippen molar-refractivity contribution in [1.82, 2.24) is 5.32 Å². The maximum atomic E-state index is 12.1. The molecule has 0 spiro atoms. The van der Waals surface area contributed by atoms with E-state index in [4.69, 9.17) is 25.8 Å². The number of halogens is 1. The second-order valence-electron chi connectivity index (χ2n) is 5.42. The van der Waals surface area contributed by atoms with Crippen LogP contribution in [0.3, 0.4) is 0 Å². The van der Waals surface area contributed by atoms with Crippen LogP contribution in [0.15, 0.2) is 36.4 Å². The number of carbonyl (C=O) groups excluding carboxylic acids is 1. The third-order valence-corrected chi connectivity index (χ3v) is 3.98. The number of hydrogen-bond acceptors (Lipinski definition) is 4. The molecular formula is C19H23ClN2O4. The molecule has 2 aromatic carbocycles. The van der Waals surface area contributed by atoms with Crippen molar-refractivity contribution in [2.45, 2.75) is 13.3 Å². The van der Waals surface area contributed by atoms with Crippen LogP contribution in [-0.2, 0) is 6.42 Å². The highest BCUT2D eigenvalue weighted by molar-refractivity contribution is 6.32. The zero-order chi connectivity index (χ0) is 18.9. The molecule has 0 aliphatic heterocycles. The number of ether oxygens (including phenoxy) is 3. The lowest BCUT2D eigenvalue weighted by Gasteiger charge is -2.14. The van der Waals surface area contributed by atoms with E-state index < -0.39 is 0 Å². The SMILES string of the molecule is CCc1cccc(OCCNC(=O)Nc2cc(OC)c(Cl)cc2OC)c1. The van der Waals surface area contributed by atoms with Crippen molar-refractivity contribution in [3.8, 4) is 17.2 Å². The maximum absolute atomic E-state index is 12.1. The number of rotatable bonds is 8. The van der Waals surface area contributed by atoms with Gasteiger partial charge in [-0.2, -0.15) is 0 Å². The number of anilines is 1. The largest absolute Gasteiger partial charge is 0.495 e. The Bertz CT molecular complexity index is 752. The molecule has 0 unspecified atom stereocenters. The van der Waals surface area contributed by atoms with Crippen molar-refractivity contribution < 1.29 is 19.0 Å². The van der Waals surface area contributed by atoms with Crippen LogP contribution in [-0.4, -0.2) is 33.4 Å². The van der Waals surface area contributed by atoms with Crippen LogP contribution in [0.2, 0.25) is 5.02 Å². The van der Waals surface area contributed by atoms with Crippen LogP contribution in [0.25, 0.3) is 0 Å². The van der Waals surface area contributed by atoms with Crippen molar-refractivity contribution >= 4 is 23.3 Å². The Morgan fingerprint density at radius 1 is 1.12 bits per heavy atom. The first-order valence-electron chi connectivity index (χ1n) is 8.25. The van der Waals surface area contributed by atoms with Gasteiger partial charge < -0.3 is 24.8 Å². The minimum Gasteiger partial charge on any atom is -0.495 e. The fourth-order valence-corrected chi connectivity index (χ4v) is 2.54. The Morgan fingerprint density at radius 3 is 2.58 bits per heavy atom. The molecule has 0 fully saturated rings. The topological polar surface area (TPSA) is 68.8 Å². The van der Waals surface area contributed by atoms with Crippen LogP contribution in [0.1, 0.15) is 12.5 Å². The van der Waals surface area contributed by atoms with E-state index >= 15 is 0 Å². The monoisotopic (exact) mass is 378 g/mol. The van der Waals surface area contributed by atoms with Gasteiger partial charge in [-0.3, -0.25) is 0 Å². The highest BCUT2D eigenvalue weighted by Gasteiger charge is 2.12. The molecule has 0 bridgehead atoms. The van der Waals surface area contributed by atoms with Crippen LogP contribution in [0.4, 0.5) is 10.5 Å². The van der Waals surface area contributed by atoms with E-state index in [1.807, 2.05) is 24.3 Å². The van der Waals surface area contributed by atoms with E-state index in [9.17, 15) is 4.79 Å². The minimum absolute atomic E-state index is 0.356. The summed E-state index contributed by atoms with van der Waals surface area (Å²) in [5.74, 6) is 1.68. The number of hydrogen-bond donors (Lipinski definition) is 2. The Morgan fingerprint density at radius 2 is 1.88 bits per heavy atom. The van der Waals surface area contributed by atoms with Crippen molar-refractivity contribution in [2.75, 3.05) is 32.7 Å². The van der Waals surface area contributed by atoms with Gasteiger partial charge in [0, 0.05) is 12.1 Å². The van der Waals surface area contributed by atoms with Gasteiger partial charge in [-0.15, -0.1) is 0 Å². The molecule has 2 rings (SSSR count). The molecule has 2 N–H and O–H groups in total. The first kappa shape index (κ1) is 19.7. The van der Waals surface area contributed by atoms with Gasteiger partial charge in [-0.25, -0.2) is 4.79 Å². The zero-order valence-electron chi connectivity index (χ0n) is 15.1. The molecule has 2 aromatic rings. The lowest BCUT2D eigenvalue weighted by molar-refractivity contribution is 0.247. The van der Waals surface area contributed by atoms with Gasteiger partial charge >= 0.3 is 6.03 Å². The summed E-state index contributed by atoms with van der Waals surface area (Å²) in [6.45, 7) is 2.81. The lowest BCUT2D eigenvalue weighted by atomic mass is 10.2. The summed E-state index contributed by atoms with van der Waals surface area (Å²) in [7, 11) is 3.00. The number of urea groups is 1. The second-order valence-corrected chi connectivity index (χ2v) is 5.82. The minimum atomic E-state index is -0.376. The van der Waals surface area contributed by atoms with Gasteiger partial charge in [0.1, 0.15) is 23.9 Å². The van der Waals surface area contributed by atoms with E-state index in [2.05, 4.69) is 17.6 Å². The molecule has 140 valence electrons. The molecule has 0 radical (unpaired) electrons. The zero-order valence-corrected chi connectivity index (χ0v) is 15.9. The Labute approximate surface area is 158 Å². The second kappa shape index (κ2) is 9.77. The smallest absolute Gasteiger partial charge is 0.319 e. The van der Waals surface area contributed by atoms with Gasteiger partial charge in [0.25, 0.3) is 0 Å². The quantitative estimate of drug-likeness (QED) is 0.678. The van der Waals surface area contributed by atoms with Gasteiger partial charge in [-0.1, -0.05) is 30.7 Å². The fourth-order valence-electron chi connectivity index (χ4n) is 2.31. The molecular weight excluding hydrogens is 356 g/mol. The van der Waals surface area contributed by atoms with E-state index in [0.717, 1.165) is 12.2 Å². The molecule has 26 heavy (non-hydrogen) atoms. The van der Waals surface area contributed by atoms with Gasteiger partial charge in [-0.05, 0) is 24.1 Å². The summed E-state index contributed by atoms with van der Waals surface area (Å²) in [6, 6.07) is 10.7. The maximum Gasteiger partial charge on any atom is 0.319 e. The number of benzene rings is 2. The first-order valence-corrected chi connectivity index (χ1v) is 8.63. The third kappa shape index (κ3) is 5.46. The molecule has 7 heteroatoms. The van der Waals surface area contributed by atoms with Crippen LogP contribution >= 0.6 is 11.6 Å². The van der Waals surface area contributed by atoms with E-state index in [1.165, 1.54) is 19.8 Å². The van der Waals surface area contributed by atoms with Crippen molar-refractivity contribution in [1.29, 1.82) is 0 Å². The predicted octanol–water partition coefficient (Wildman–Crippen LogP) is 4.12.